The predicted molar refractivity (Wildman–Crippen MR) is 110 cm³/mol. The van der Waals surface area contributed by atoms with Crippen molar-refractivity contribution < 1.29 is 0 Å². The highest BCUT2D eigenvalue weighted by Crippen LogP contribution is 2.23. The summed E-state index contributed by atoms with van der Waals surface area (Å²) < 4.78 is 2.35. The van der Waals surface area contributed by atoms with Crippen molar-refractivity contribution in [1.82, 2.24) is 15.2 Å². The highest BCUT2D eigenvalue weighted by molar-refractivity contribution is 6.30. The Kier molecular flexibility index (Phi) is 5.59. The van der Waals surface area contributed by atoms with Gasteiger partial charge in [0.15, 0.2) is 0 Å². The fourth-order valence-corrected chi connectivity index (χ4v) is 4.00. The molecule has 1 aliphatic rings. The Bertz CT molecular complexity index is 847. The lowest BCUT2D eigenvalue weighted by atomic mass is 9.98. The first-order valence-corrected chi connectivity index (χ1v) is 9.90. The van der Waals surface area contributed by atoms with E-state index in [0.29, 0.717) is 0 Å². The number of hydrogen-bond acceptors (Lipinski definition) is 2. The molecule has 0 aliphatic carbocycles. The minimum absolute atomic E-state index is 0.786. The summed E-state index contributed by atoms with van der Waals surface area (Å²) in [5.41, 5.74) is 3.94. The average Bonchev–Trinajstić information content (AvgIpc) is 3.02. The first-order chi connectivity index (χ1) is 12.8. The summed E-state index contributed by atoms with van der Waals surface area (Å²) in [7, 11) is 0. The van der Waals surface area contributed by atoms with Crippen LogP contribution in [-0.2, 0) is 13.1 Å². The molecule has 26 heavy (non-hydrogen) atoms. The van der Waals surface area contributed by atoms with E-state index in [1.165, 1.54) is 34.9 Å². The zero-order valence-electron chi connectivity index (χ0n) is 15.0. The van der Waals surface area contributed by atoms with Crippen LogP contribution in [0.1, 0.15) is 24.0 Å². The molecule has 2 heterocycles. The normalized spacial score (nSPS) is 15.6. The van der Waals surface area contributed by atoms with Gasteiger partial charge in [0.05, 0.1) is 0 Å². The van der Waals surface area contributed by atoms with Crippen molar-refractivity contribution >= 4 is 22.5 Å². The number of rotatable bonds is 6. The number of piperidine rings is 1. The summed E-state index contributed by atoms with van der Waals surface area (Å²) in [6.07, 6.45) is 4.87. The van der Waals surface area contributed by atoms with Gasteiger partial charge >= 0.3 is 0 Å². The van der Waals surface area contributed by atoms with Crippen LogP contribution < -0.4 is 10.6 Å². The van der Waals surface area contributed by atoms with Crippen LogP contribution in [0.5, 0.6) is 0 Å². The minimum Gasteiger partial charge on any atom is -0.343 e. The van der Waals surface area contributed by atoms with Crippen LogP contribution in [0.25, 0.3) is 10.9 Å². The molecule has 4 heteroatoms. The van der Waals surface area contributed by atoms with E-state index in [1.807, 2.05) is 12.1 Å². The molecule has 1 aliphatic heterocycles. The number of aromatic nitrogens is 1. The number of nitrogens with zero attached hydrogens (tertiary/aromatic N) is 1. The number of hydrogen-bond donors (Lipinski definition) is 2. The number of fused-ring (bicyclic) bond motifs is 1. The number of nitrogens with one attached hydrogen (secondary N) is 2. The third-order valence-corrected chi connectivity index (χ3v) is 5.60. The molecule has 1 saturated heterocycles. The lowest BCUT2D eigenvalue weighted by Crippen LogP contribution is -2.33. The summed E-state index contributed by atoms with van der Waals surface area (Å²) in [6, 6.07) is 16.8. The van der Waals surface area contributed by atoms with E-state index in [9.17, 15) is 0 Å². The number of benzene rings is 2. The van der Waals surface area contributed by atoms with Crippen LogP contribution in [-0.4, -0.2) is 24.2 Å². The zero-order valence-corrected chi connectivity index (χ0v) is 15.8. The molecular formula is C22H26ClN3. The molecule has 0 bridgehead atoms. The molecule has 2 aromatic carbocycles. The monoisotopic (exact) mass is 367 g/mol. The molecule has 1 aromatic heterocycles. The maximum Gasteiger partial charge on any atom is 0.0486 e. The Morgan fingerprint density at radius 2 is 1.81 bits per heavy atom. The quantitative estimate of drug-likeness (QED) is 0.674. The topological polar surface area (TPSA) is 29.0 Å². The van der Waals surface area contributed by atoms with Crippen LogP contribution in [0.2, 0.25) is 5.02 Å². The smallest absolute Gasteiger partial charge is 0.0486 e. The van der Waals surface area contributed by atoms with Gasteiger partial charge in [-0.15, -0.1) is 0 Å². The van der Waals surface area contributed by atoms with Crippen molar-refractivity contribution in [1.29, 1.82) is 0 Å². The summed E-state index contributed by atoms with van der Waals surface area (Å²) in [5.74, 6) is 0.804. The largest absolute Gasteiger partial charge is 0.343 e. The zero-order chi connectivity index (χ0) is 17.8. The van der Waals surface area contributed by atoms with Gasteiger partial charge in [0.2, 0.25) is 0 Å². The van der Waals surface area contributed by atoms with E-state index in [1.54, 1.807) is 0 Å². The molecule has 0 saturated carbocycles. The predicted octanol–water partition coefficient (Wildman–Crippen LogP) is 4.43. The molecule has 3 nitrogen and oxygen atoms in total. The van der Waals surface area contributed by atoms with E-state index in [2.05, 4.69) is 57.8 Å². The van der Waals surface area contributed by atoms with Crippen molar-refractivity contribution in [3.05, 3.63) is 70.9 Å². The molecule has 0 atom stereocenters. The molecular weight excluding hydrogens is 342 g/mol. The molecule has 1 fully saturated rings. The van der Waals surface area contributed by atoms with Gasteiger partial charge in [-0.1, -0.05) is 41.9 Å². The molecule has 0 amide bonds. The SMILES string of the molecule is Clc1ccc(Cn2cc(CNCC3CCNCC3)c3ccccc32)cc1. The fraction of sp³-hybridized carbons (Fsp3) is 0.364. The van der Waals surface area contributed by atoms with Crippen molar-refractivity contribution in [2.75, 3.05) is 19.6 Å². The molecule has 136 valence electrons. The number of para-hydroxylation sites is 1. The first kappa shape index (κ1) is 17.6. The third kappa shape index (κ3) is 4.12. The van der Waals surface area contributed by atoms with Gasteiger partial charge in [-0.3, -0.25) is 0 Å². The highest BCUT2D eigenvalue weighted by atomic mass is 35.5. The fourth-order valence-electron chi connectivity index (χ4n) is 3.88. The second-order valence-electron chi connectivity index (χ2n) is 7.25. The van der Waals surface area contributed by atoms with Gasteiger partial charge in [0.25, 0.3) is 0 Å². The van der Waals surface area contributed by atoms with Gasteiger partial charge in [0, 0.05) is 35.2 Å². The van der Waals surface area contributed by atoms with E-state index >= 15 is 0 Å². The second-order valence-corrected chi connectivity index (χ2v) is 7.69. The Morgan fingerprint density at radius 3 is 2.62 bits per heavy atom. The Labute approximate surface area is 160 Å². The molecule has 2 N–H and O–H groups in total. The summed E-state index contributed by atoms with van der Waals surface area (Å²) in [4.78, 5) is 0. The Morgan fingerprint density at radius 1 is 1.04 bits per heavy atom. The number of halogens is 1. The lowest BCUT2D eigenvalue weighted by Gasteiger charge is -2.22. The van der Waals surface area contributed by atoms with Crippen LogP contribution in [0, 0.1) is 5.92 Å². The van der Waals surface area contributed by atoms with Gasteiger partial charge in [-0.2, -0.15) is 0 Å². The third-order valence-electron chi connectivity index (χ3n) is 5.34. The molecule has 0 radical (unpaired) electrons. The second kappa shape index (κ2) is 8.26. The minimum atomic E-state index is 0.786. The summed E-state index contributed by atoms with van der Waals surface area (Å²) >= 11 is 6.02. The molecule has 4 rings (SSSR count). The van der Waals surface area contributed by atoms with Crippen LogP contribution in [0.15, 0.2) is 54.7 Å². The molecule has 3 aromatic rings. The van der Waals surface area contributed by atoms with Gasteiger partial charge in [-0.25, -0.2) is 0 Å². The lowest BCUT2D eigenvalue weighted by molar-refractivity contribution is 0.356. The van der Waals surface area contributed by atoms with E-state index in [4.69, 9.17) is 11.6 Å². The molecule has 0 spiro atoms. The van der Waals surface area contributed by atoms with Crippen molar-refractivity contribution in [3.63, 3.8) is 0 Å². The Hall–Kier alpha value is -1.81. The summed E-state index contributed by atoms with van der Waals surface area (Å²) in [5, 5.41) is 9.26. The van der Waals surface area contributed by atoms with Gasteiger partial charge in [-0.05, 0) is 67.7 Å². The maximum absolute atomic E-state index is 6.02. The summed E-state index contributed by atoms with van der Waals surface area (Å²) in [6.45, 7) is 5.22. The van der Waals surface area contributed by atoms with Crippen molar-refractivity contribution in [2.24, 2.45) is 5.92 Å². The van der Waals surface area contributed by atoms with Crippen molar-refractivity contribution in [3.8, 4) is 0 Å². The Balaban J connectivity index is 1.49. The maximum atomic E-state index is 6.02. The molecule has 0 unspecified atom stereocenters. The average molecular weight is 368 g/mol. The van der Waals surface area contributed by atoms with Gasteiger partial charge < -0.3 is 15.2 Å². The van der Waals surface area contributed by atoms with Crippen LogP contribution in [0.4, 0.5) is 0 Å². The standard InChI is InChI=1S/C22H26ClN3/c23-20-7-5-18(6-8-20)15-26-16-19(21-3-1-2-4-22(21)26)14-25-13-17-9-11-24-12-10-17/h1-8,16-17,24-25H,9-15H2. The van der Waals surface area contributed by atoms with Crippen molar-refractivity contribution in [2.45, 2.75) is 25.9 Å². The van der Waals surface area contributed by atoms with E-state index in [0.717, 1.165) is 43.7 Å². The van der Waals surface area contributed by atoms with Crippen LogP contribution in [0.3, 0.4) is 0 Å². The first-order valence-electron chi connectivity index (χ1n) is 9.52. The highest BCUT2D eigenvalue weighted by Gasteiger charge is 2.13. The van der Waals surface area contributed by atoms with E-state index < -0.39 is 0 Å². The van der Waals surface area contributed by atoms with Gasteiger partial charge in [0.1, 0.15) is 0 Å². The van der Waals surface area contributed by atoms with Crippen LogP contribution >= 0.6 is 11.6 Å². The van der Waals surface area contributed by atoms with E-state index in [-0.39, 0.29) is 0 Å².